The Morgan fingerprint density at radius 2 is 2.47 bits per heavy atom. The molecule has 2 rings (SSSR count). The number of ether oxygens (including phenoxy) is 1. The molecule has 15 heavy (non-hydrogen) atoms. The third-order valence-corrected chi connectivity index (χ3v) is 3.83. The molecule has 2 atom stereocenters. The second kappa shape index (κ2) is 5.05. The van der Waals surface area contributed by atoms with Gasteiger partial charge in [-0.1, -0.05) is 6.42 Å². The van der Waals surface area contributed by atoms with Gasteiger partial charge in [-0.15, -0.1) is 11.3 Å². The van der Waals surface area contributed by atoms with Gasteiger partial charge in [-0.25, -0.2) is 4.98 Å². The van der Waals surface area contributed by atoms with Crippen molar-refractivity contribution in [2.45, 2.75) is 38.9 Å². The molecule has 1 saturated carbocycles. The summed E-state index contributed by atoms with van der Waals surface area (Å²) in [6.45, 7) is 3.42. The monoisotopic (exact) mass is 226 g/mol. The number of hydrogen-bond donors (Lipinski definition) is 1. The maximum absolute atomic E-state index is 5.87. The molecule has 0 amide bonds. The molecule has 1 aliphatic carbocycles. The molecule has 3 nitrogen and oxygen atoms in total. The average molecular weight is 226 g/mol. The first-order chi connectivity index (χ1) is 7.29. The van der Waals surface area contributed by atoms with Crippen LogP contribution in [0, 0.1) is 12.8 Å². The van der Waals surface area contributed by atoms with Crippen LogP contribution >= 0.6 is 11.3 Å². The van der Waals surface area contributed by atoms with E-state index in [1.807, 2.05) is 6.92 Å². The molecule has 0 spiro atoms. The fourth-order valence-electron chi connectivity index (χ4n) is 2.16. The molecule has 1 heterocycles. The first kappa shape index (κ1) is 11.0. The minimum Gasteiger partial charge on any atom is -0.372 e. The van der Waals surface area contributed by atoms with Crippen LogP contribution in [0.5, 0.6) is 0 Å². The van der Waals surface area contributed by atoms with Crippen molar-refractivity contribution >= 4 is 11.3 Å². The van der Waals surface area contributed by atoms with Crippen LogP contribution in [-0.2, 0) is 11.3 Å². The van der Waals surface area contributed by atoms with Gasteiger partial charge in [0.05, 0.1) is 23.4 Å². The lowest BCUT2D eigenvalue weighted by Gasteiger charge is -2.17. The Morgan fingerprint density at radius 3 is 3.13 bits per heavy atom. The zero-order chi connectivity index (χ0) is 10.7. The van der Waals surface area contributed by atoms with E-state index in [2.05, 4.69) is 10.4 Å². The summed E-state index contributed by atoms with van der Waals surface area (Å²) in [7, 11) is 0. The molecule has 2 unspecified atom stereocenters. The van der Waals surface area contributed by atoms with Crippen molar-refractivity contribution in [2.24, 2.45) is 11.7 Å². The van der Waals surface area contributed by atoms with E-state index in [0.29, 0.717) is 18.6 Å². The summed E-state index contributed by atoms with van der Waals surface area (Å²) in [6, 6.07) is 0. The zero-order valence-corrected chi connectivity index (χ0v) is 9.93. The molecule has 1 aromatic heterocycles. The average Bonchev–Trinajstić information content (AvgIpc) is 2.83. The van der Waals surface area contributed by atoms with Crippen molar-refractivity contribution in [3.05, 3.63) is 16.1 Å². The second-order valence-electron chi connectivity index (χ2n) is 4.13. The van der Waals surface area contributed by atoms with E-state index in [4.69, 9.17) is 10.5 Å². The van der Waals surface area contributed by atoms with E-state index in [1.54, 1.807) is 11.3 Å². The van der Waals surface area contributed by atoms with Crippen LogP contribution in [0.3, 0.4) is 0 Å². The molecule has 0 radical (unpaired) electrons. The minimum atomic E-state index is 0.358. The van der Waals surface area contributed by atoms with Crippen molar-refractivity contribution in [1.29, 1.82) is 0 Å². The van der Waals surface area contributed by atoms with Crippen LogP contribution in [0.1, 0.15) is 30.0 Å². The van der Waals surface area contributed by atoms with Gasteiger partial charge in [0.1, 0.15) is 0 Å². The van der Waals surface area contributed by atoms with Crippen LogP contribution in [0.15, 0.2) is 5.38 Å². The highest BCUT2D eigenvalue weighted by molar-refractivity contribution is 7.09. The van der Waals surface area contributed by atoms with Crippen molar-refractivity contribution in [1.82, 2.24) is 4.98 Å². The van der Waals surface area contributed by atoms with E-state index in [0.717, 1.165) is 23.7 Å². The Labute approximate surface area is 94.7 Å². The number of aromatic nitrogens is 1. The molecular formula is C11H18N2OS. The van der Waals surface area contributed by atoms with Crippen LogP contribution in [0.25, 0.3) is 0 Å². The number of nitrogens with zero attached hydrogens (tertiary/aromatic N) is 1. The van der Waals surface area contributed by atoms with Crippen LogP contribution in [0.4, 0.5) is 0 Å². The minimum absolute atomic E-state index is 0.358. The Balaban J connectivity index is 1.82. The van der Waals surface area contributed by atoms with Crippen LogP contribution < -0.4 is 5.73 Å². The highest BCUT2D eigenvalue weighted by atomic mass is 32.1. The van der Waals surface area contributed by atoms with Crippen LogP contribution in [-0.4, -0.2) is 17.6 Å². The van der Waals surface area contributed by atoms with E-state index in [1.165, 1.54) is 12.8 Å². The van der Waals surface area contributed by atoms with Gasteiger partial charge < -0.3 is 10.5 Å². The third-order valence-electron chi connectivity index (χ3n) is 3.00. The molecule has 1 fully saturated rings. The quantitative estimate of drug-likeness (QED) is 0.855. The third kappa shape index (κ3) is 2.77. The fourth-order valence-corrected chi connectivity index (χ4v) is 2.76. The normalized spacial score (nSPS) is 26.0. The summed E-state index contributed by atoms with van der Waals surface area (Å²) >= 11 is 1.68. The highest BCUT2D eigenvalue weighted by Crippen LogP contribution is 2.28. The Kier molecular flexibility index (Phi) is 3.72. The van der Waals surface area contributed by atoms with E-state index in [-0.39, 0.29) is 0 Å². The SMILES string of the molecule is Cc1nc(COC2CCCC2CN)cs1. The Bertz CT molecular complexity index is 313. The smallest absolute Gasteiger partial charge is 0.0900 e. The largest absolute Gasteiger partial charge is 0.372 e. The van der Waals surface area contributed by atoms with Gasteiger partial charge in [-0.3, -0.25) is 0 Å². The molecule has 1 aromatic rings. The molecular weight excluding hydrogens is 208 g/mol. The molecule has 0 bridgehead atoms. The predicted molar refractivity (Wildman–Crippen MR) is 61.8 cm³/mol. The predicted octanol–water partition coefficient (Wildman–Crippen LogP) is 2.10. The van der Waals surface area contributed by atoms with E-state index < -0.39 is 0 Å². The van der Waals surface area contributed by atoms with Gasteiger partial charge in [0.2, 0.25) is 0 Å². The number of hydrogen-bond acceptors (Lipinski definition) is 4. The summed E-state index contributed by atoms with van der Waals surface area (Å²) < 4.78 is 5.87. The highest BCUT2D eigenvalue weighted by Gasteiger charge is 2.26. The standard InChI is InChI=1S/C11H18N2OS/c1-8-13-10(7-15-8)6-14-11-4-2-3-9(11)5-12/h7,9,11H,2-6,12H2,1H3. The number of thiazole rings is 1. The summed E-state index contributed by atoms with van der Waals surface area (Å²) in [6.07, 6.45) is 3.99. The molecule has 0 aromatic carbocycles. The topological polar surface area (TPSA) is 48.1 Å². The Hall–Kier alpha value is -0.450. The molecule has 1 aliphatic rings. The molecule has 0 saturated heterocycles. The summed E-state index contributed by atoms with van der Waals surface area (Å²) in [5.41, 5.74) is 6.76. The summed E-state index contributed by atoms with van der Waals surface area (Å²) in [5.74, 6) is 0.560. The number of rotatable bonds is 4. The van der Waals surface area contributed by atoms with E-state index >= 15 is 0 Å². The van der Waals surface area contributed by atoms with Gasteiger partial charge in [-0.2, -0.15) is 0 Å². The van der Waals surface area contributed by atoms with Crippen molar-refractivity contribution in [3.63, 3.8) is 0 Å². The van der Waals surface area contributed by atoms with Crippen molar-refractivity contribution in [3.8, 4) is 0 Å². The van der Waals surface area contributed by atoms with Crippen molar-refractivity contribution in [2.75, 3.05) is 6.54 Å². The summed E-state index contributed by atoms with van der Waals surface area (Å²) in [4.78, 5) is 4.38. The van der Waals surface area contributed by atoms with E-state index in [9.17, 15) is 0 Å². The number of aryl methyl sites for hydroxylation is 1. The molecule has 2 N–H and O–H groups in total. The van der Waals surface area contributed by atoms with Gasteiger partial charge in [-0.05, 0) is 32.2 Å². The van der Waals surface area contributed by atoms with Gasteiger partial charge >= 0.3 is 0 Å². The van der Waals surface area contributed by atoms with Gasteiger partial charge in [0.15, 0.2) is 0 Å². The lowest BCUT2D eigenvalue weighted by atomic mass is 10.1. The lowest BCUT2D eigenvalue weighted by molar-refractivity contribution is 0.0168. The molecule has 84 valence electrons. The first-order valence-electron chi connectivity index (χ1n) is 5.52. The summed E-state index contributed by atoms with van der Waals surface area (Å²) in [5, 5.41) is 3.18. The maximum Gasteiger partial charge on any atom is 0.0900 e. The maximum atomic E-state index is 5.87. The second-order valence-corrected chi connectivity index (χ2v) is 5.20. The first-order valence-corrected chi connectivity index (χ1v) is 6.40. The lowest BCUT2D eigenvalue weighted by Crippen LogP contribution is -2.25. The molecule has 4 heteroatoms. The van der Waals surface area contributed by atoms with Gasteiger partial charge in [0, 0.05) is 5.38 Å². The number of nitrogens with two attached hydrogens (primary N) is 1. The zero-order valence-electron chi connectivity index (χ0n) is 9.11. The van der Waals surface area contributed by atoms with Gasteiger partial charge in [0.25, 0.3) is 0 Å². The van der Waals surface area contributed by atoms with Crippen LogP contribution in [0.2, 0.25) is 0 Å². The van der Waals surface area contributed by atoms with Crippen molar-refractivity contribution < 1.29 is 4.74 Å². The molecule has 0 aliphatic heterocycles. The Morgan fingerprint density at radius 1 is 1.60 bits per heavy atom. The fraction of sp³-hybridized carbons (Fsp3) is 0.727.